The number of hydrogen-bond acceptors (Lipinski definition) is 5. The summed E-state index contributed by atoms with van der Waals surface area (Å²) in [7, 11) is 1.66. The van der Waals surface area contributed by atoms with Crippen molar-refractivity contribution in [3.8, 4) is 0 Å². The number of fused-ring (bicyclic) bond motifs is 1. The summed E-state index contributed by atoms with van der Waals surface area (Å²) in [4.78, 5) is 11.4. The molecule has 1 aliphatic rings. The van der Waals surface area contributed by atoms with E-state index in [1.165, 1.54) is 22.5 Å². The van der Waals surface area contributed by atoms with Gasteiger partial charge in [-0.15, -0.1) is 11.8 Å². The number of aryl methyl sites for hydroxylation is 2. The van der Waals surface area contributed by atoms with Crippen molar-refractivity contribution >= 4 is 23.3 Å². The Morgan fingerprint density at radius 3 is 3.05 bits per heavy atom. The molecular formula is C14H15FN4O2S. The maximum atomic E-state index is 13.9. The van der Waals surface area contributed by atoms with Crippen LogP contribution in [-0.4, -0.2) is 20.5 Å². The van der Waals surface area contributed by atoms with Gasteiger partial charge in [-0.05, 0) is 25.0 Å². The predicted octanol–water partition coefficient (Wildman–Crippen LogP) is 3.42. The van der Waals surface area contributed by atoms with E-state index in [-0.39, 0.29) is 17.5 Å². The summed E-state index contributed by atoms with van der Waals surface area (Å²) in [5.74, 6) is 0.871. The minimum absolute atomic E-state index is 0.0290. The van der Waals surface area contributed by atoms with Crippen LogP contribution in [-0.2, 0) is 7.05 Å². The smallest absolute Gasteiger partial charge is 0.333 e. The average Bonchev–Trinajstić information content (AvgIpc) is 2.74. The van der Waals surface area contributed by atoms with Crippen LogP contribution in [0, 0.1) is 22.9 Å². The molecule has 1 atom stereocenters. The third kappa shape index (κ3) is 2.43. The largest absolute Gasteiger partial charge is 0.358 e. The number of aromatic nitrogens is 2. The van der Waals surface area contributed by atoms with Crippen LogP contribution in [0.25, 0.3) is 0 Å². The molecule has 0 radical (unpaired) electrons. The quantitative estimate of drug-likeness (QED) is 0.692. The molecule has 116 valence electrons. The molecular weight excluding hydrogens is 307 g/mol. The first kappa shape index (κ1) is 14.8. The Bertz CT molecular complexity index is 747. The topological polar surface area (TPSA) is 73.0 Å². The number of thioether (sulfide) groups is 1. The van der Waals surface area contributed by atoms with Crippen molar-refractivity contribution in [2.45, 2.75) is 24.3 Å². The van der Waals surface area contributed by atoms with Crippen LogP contribution in [0.5, 0.6) is 0 Å². The maximum Gasteiger partial charge on any atom is 0.333 e. The third-order valence-electron chi connectivity index (χ3n) is 3.71. The summed E-state index contributed by atoms with van der Waals surface area (Å²) >= 11 is 1.48. The van der Waals surface area contributed by atoms with Gasteiger partial charge >= 0.3 is 5.69 Å². The van der Waals surface area contributed by atoms with E-state index < -0.39 is 4.92 Å². The van der Waals surface area contributed by atoms with Crippen molar-refractivity contribution in [1.82, 2.24) is 9.78 Å². The fourth-order valence-electron chi connectivity index (χ4n) is 2.73. The fourth-order valence-corrected chi connectivity index (χ4v) is 3.87. The van der Waals surface area contributed by atoms with Gasteiger partial charge in [-0.2, -0.15) is 5.10 Å². The number of benzene rings is 1. The normalized spacial score (nSPS) is 17.1. The molecule has 1 aromatic heterocycles. The van der Waals surface area contributed by atoms with Crippen molar-refractivity contribution in [2.75, 3.05) is 11.1 Å². The standard InChI is InChI=1S/C14H15FN4O2S/c1-8-12(19(20)21)14(18(2)17-8)16-11-6-7-22-13-9(11)4-3-5-10(13)15/h3-5,11,16H,6-7H2,1-2H3. The van der Waals surface area contributed by atoms with Crippen molar-refractivity contribution in [1.29, 1.82) is 0 Å². The van der Waals surface area contributed by atoms with Crippen molar-refractivity contribution in [2.24, 2.45) is 7.05 Å². The Morgan fingerprint density at radius 2 is 2.32 bits per heavy atom. The summed E-state index contributed by atoms with van der Waals surface area (Å²) in [6.07, 6.45) is 0.766. The lowest BCUT2D eigenvalue weighted by Crippen LogP contribution is -2.19. The molecule has 2 heterocycles. The van der Waals surface area contributed by atoms with Crippen LogP contribution >= 0.6 is 11.8 Å². The van der Waals surface area contributed by atoms with E-state index in [1.54, 1.807) is 20.0 Å². The lowest BCUT2D eigenvalue weighted by atomic mass is 10.0. The number of nitrogens with zero attached hydrogens (tertiary/aromatic N) is 3. The van der Waals surface area contributed by atoms with E-state index in [0.717, 1.165) is 17.7 Å². The Hall–Kier alpha value is -2.09. The molecule has 1 aliphatic heterocycles. The Labute approximate surface area is 130 Å². The van der Waals surface area contributed by atoms with Crippen LogP contribution < -0.4 is 5.32 Å². The summed E-state index contributed by atoms with van der Waals surface area (Å²) in [6.45, 7) is 1.60. The predicted molar refractivity (Wildman–Crippen MR) is 82.7 cm³/mol. The summed E-state index contributed by atoms with van der Waals surface area (Å²) in [5, 5.41) is 18.5. The number of nitro groups is 1. The minimum atomic E-state index is -0.436. The zero-order valence-electron chi connectivity index (χ0n) is 12.2. The first-order valence-corrected chi connectivity index (χ1v) is 7.83. The molecule has 0 fully saturated rings. The molecule has 0 bridgehead atoms. The molecule has 3 rings (SSSR count). The number of anilines is 1. The summed E-state index contributed by atoms with van der Waals surface area (Å²) in [6, 6.07) is 4.79. The number of nitrogens with one attached hydrogen (secondary N) is 1. The van der Waals surface area contributed by atoms with Gasteiger partial charge in [0, 0.05) is 17.7 Å². The van der Waals surface area contributed by atoms with Crippen LogP contribution in [0.1, 0.15) is 23.7 Å². The summed E-state index contributed by atoms with van der Waals surface area (Å²) in [5.41, 5.74) is 1.17. The van der Waals surface area contributed by atoms with Crippen LogP contribution in [0.4, 0.5) is 15.9 Å². The SMILES string of the molecule is Cc1nn(C)c(NC2CCSc3c(F)cccc32)c1[N+](=O)[O-]. The van der Waals surface area contributed by atoms with E-state index in [0.29, 0.717) is 16.4 Å². The number of hydrogen-bond donors (Lipinski definition) is 1. The van der Waals surface area contributed by atoms with Gasteiger partial charge < -0.3 is 5.32 Å². The second-order valence-electron chi connectivity index (χ2n) is 5.16. The van der Waals surface area contributed by atoms with Gasteiger partial charge in [0.15, 0.2) is 0 Å². The van der Waals surface area contributed by atoms with Gasteiger partial charge in [0.1, 0.15) is 11.5 Å². The van der Waals surface area contributed by atoms with Gasteiger partial charge in [-0.25, -0.2) is 9.07 Å². The fraction of sp³-hybridized carbons (Fsp3) is 0.357. The monoisotopic (exact) mass is 322 g/mol. The van der Waals surface area contributed by atoms with E-state index in [9.17, 15) is 14.5 Å². The van der Waals surface area contributed by atoms with Crippen LogP contribution in [0.15, 0.2) is 23.1 Å². The Kier molecular flexibility index (Phi) is 3.78. The number of rotatable bonds is 3. The molecule has 2 aromatic rings. The Morgan fingerprint density at radius 1 is 1.55 bits per heavy atom. The third-order valence-corrected chi connectivity index (χ3v) is 4.87. The molecule has 1 unspecified atom stereocenters. The summed E-state index contributed by atoms with van der Waals surface area (Å²) < 4.78 is 15.4. The first-order valence-electron chi connectivity index (χ1n) is 6.84. The zero-order valence-corrected chi connectivity index (χ0v) is 13.0. The highest BCUT2D eigenvalue weighted by atomic mass is 32.2. The average molecular weight is 322 g/mol. The molecule has 8 heteroatoms. The first-order chi connectivity index (χ1) is 10.5. The molecule has 0 amide bonds. The second kappa shape index (κ2) is 5.60. The van der Waals surface area contributed by atoms with Crippen molar-refractivity contribution < 1.29 is 9.31 Å². The molecule has 0 saturated heterocycles. The van der Waals surface area contributed by atoms with E-state index in [1.807, 2.05) is 6.07 Å². The Balaban J connectivity index is 2.00. The lowest BCUT2D eigenvalue weighted by Gasteiger charge is -2.26. The van der Waals surface area contributed by atoms with Crippen LogP contribution in [0.2, 0.25) is 0 Å². The van der Waals surface area contributed by atoms with Crippen LogP contribution in [0.3, 0.4) is 0 Å². The molecule has 22 heavy (non-hydrogen) atoms. The van der Waals surface area contributed by atoms with E-state index >= 15 is 0 Å². The lowest BCUT2D eigenvalue weighted by molar-refractivity contribution is -0.384. The van der Waals surface area contributed by atoms with Crippen molar-refractivity contribution in [3.05, 3.63) is 45.4 Å². The minimum Gasteiger partial charge on any atom is -0.358 e. The molecule has 6 nitrogen and oxygen atoms in total. The molecule has 1 N–H and O–H groups in total. The van der Waals surface area contributed by atoms with Gasteiger partial charge in [0.25, 0.3) is 0 Å². The molecule has 0 aliphatic carbocycles. The van der Waals surface area contributed by atoms with Crippen molar-refractivity contribution in [3.63, 3.8) is 0 Å². The molecule has 1 aromatic carbocycles. The second-order valence-corrected chi connectivity index (χ2v) is 6.26. The number of halogens is 1. The molecule has 0 saturated carbocycles. The van der Waals surface area contributed by atoms with Gasteiger partial charge in [0.2, 0.25) is 5.82 Å². The maximum absolute atomic E-state index is 13.9. The zero-order chi connectivity index (χ0) is 15.9. The highest BCUT2D eigenvalue weighted by Gasteiger charge is 2.29. The van der Waals surface area contributed by atoms with Gasteiger partial charge in [-0.1, -0.05) is 12.1 Å². The van der Waals surface area contributed by atoms with E-state index in [2.05, 4.69) is 10.4 Å². The highest BCUT2D eigenvalue weighted by molar-refractivity contribution is 7.99. The molecule has 0 spiro atoms. The highest BCUT2D eigenvalue weighted by Crippen LogP contribution is 2.40. The van der Waals surface area contributed by atoms with Gasteiger partial charge in [-0.3, -0.25) is 10.1 Å². The van der Waals surface area contributed by atoms with E-state index in [4.69, 9.17) is 0 Å². The van der Waals surface area contributed by atoms with Gasteiger partial charge in [0.05, 0.1) is 11.0 Å².